The van der Waals surface area contributed by atoms with Crippen molar-refractivity contribution >= 4 is 40.5 Å². The summed E-state index contributed by atoms with van der Waals surface area (Å²) < 4.78 is 16.7. The Hall–Kier alpha value is -4.30. The van der Waals surface area contributed by atoms with Gasteiger partial charge in [0.2, 0.25) is 12.3 Å². The van der Waals surface area contributed by atoms with E-state index in [0.717, 1.165) is 10.9 Å². The van der Waals surface area contributed by atoms with Gasteiger partial charge in [-0.25, -0.2) is 0 Å². The minimum Gasteiger partial charge on any atom is -0.492 e. The predicted octanol–water partition coefficient (Wildman–Crippen LogP) is 4.46. The van der Waals surface area contributed by atoms with Gasteiger partial charge in [0.1, 0.15) is 17.9 Å². The molecule has 3 aromatic carbocycles. The third-order valence-electron chi connectivity index (χ3n) is 5.22. The zero-order chi connectivity index (χ0) is 23.9. The highest BCUT2D eigenvalue weighted by Gasteiger charge is 2.13. The fraction of sp³-hybridized carbons (Fsp3) is 0.154. The molecule has 8 heteroatoms. The van der Waals surface area contributed by atoms with Gasteiger partial charge in [-0.3, -0.25) is 14.5 Å². The molecule has 3 N–H and O–H groups in total. The van der Waals surface area contributed by atoms with Crippen molar-refractivity contribution in [2.45, 2.75) is 6.61 Å². The van der Waals surface area contributed by atoms with Crippen LogP contribution in [-0.2, 0) is 16.1 Å². The van der Waals surface area contributed by atoms with E-state index in [-0.39, 0.29) is 12.5 Å². The fourth-order valence-electron chi connectivity index (χ4n) is 3.44. The average Bonchev–Trinajstić information content (AvgIpc) is 3.27. The number of carbonyl (C=O) groups is 2. The number of ether oxygens (including phenoxy) is 2. The number of nitrogen functional groups attached to an aromatic ring is 1. The largest absolute Gasteiger partial charge is 0.492 e. The summed E-state index contributed by atoms with van der Waals surface area (Å²) in [5.74, 6) is 0.751. The van der Waals surface area contributed by atoms with Gasteiger partial charge in [-0.1, -0.05) is 24.3 Å². The highest BCUT2D eigenvalue weighted by atomic mass is 16.5. The van der Waals surface area contributed by atoms with Crippen LogP contribution in [0.3, 0.4) is 0 Å². The number of nitrogens with two attached hydrogens (primary N) is 1. The Kier molecular flexibility index (Phi) is 7.10. The molecule has 1 heterocycles. The zero-order valence-corrected chi connectivity index (χ0v) is 18.7. The molecule has 0 aliphatic carbocycles. The van der Waals surface area contributed by atoms with Gasteiger partial charge in [-0.15, -0.1) is 0 Å². The lowest BCUT2D eigenvalue weighted by Crippen LogP contribution is -2.26. The summed E-state index contributed by atoms with van der Waals surface area (Å²) >= 11 is 0. The molecule has 0 spiro atoms. The van der Waals surface area contributed by atoms with Crippen molar-refractivity contribution in [3.8, 4) is 5.75 Å². The van der Waals surface area contributed by atoms with Gasteiger partial charge in [-0.05, 0) is 48.0 Å². The van der Waals surface area contributed by atoms with E-state index in [4.69, 9.17) is 19.6 Å². The first-order chi connectivity index (χ1) is 16.6. The van der Waals surface area contributed by atoms with E-state index in [9.17, 15) is 9.59 Å². The van der Waals surface area contributed by atoms with E-state index in [1.807, 2.05) is 24.3 Å². The topological polar surface area (TPSA) is 107 Å². The quantitative estimate of drug-likeness (QED) is 0.268. The Balaban J connectivity index is 1.33. The van der Waals surface area contributed by atoms with Gasteiger partial charge in [0, 0.05) is 24.1 Å². The number of methoxy groups -OCH3 is 1. The molecule has 0 aliphatic heterocycles. The molecule has 0 fully saturated rings. The van der Waals surface area contributed by atoms with Gasteiger partial charge in [-0.2, -0.15) is 0 Å². The molecular formula is C26H25N3O5. The predicted molar refractivity (Wildman–Crippen MR) is 131 cm³/mol. The molecular weight excluding hydrogens is 434 g/mol. The second-order valence-electron chi connectivity index (χ2n) is 7.60. The Morgan fingerprint density at radius 2 is 1.88 bits per heavy atom. The van der Waals surface area contributed by atoms with Crippen LogP contribution < -0.4 is 20.7 Å². The van der Waals surface area contributed by atoms with Crippen molar-refractivity contribution in [2.75, 3.05) is 36.2 Å². The van der Waals surface area contributed by atoms with Crippen molar-refractivity contribution in [1.82, 2.24) is 0 Å². The molecule has 0 radical (unpaired) electrons. The van der Waals surface area contributed by atoms with Crippen molar-refractivity contribution < 1.29 is 23.5 Å². The number of furan rings is 1. The van der Waals surface area contributed by atoms with Crippen LogP contribution in [0.25, 0.3) is 11.0 Å². The van der Waals surface area contributed by atoms with Crippen LogP contribution >= 0.6 is 0 Å². The third-order valence-corrected chi connectivity index (χ3v) is 5.22. The number of fused-ring (bicyclic) bond motifs is 1. The van der Waals surface area contributed by atoms with Gasteiger partial charge >= 0.3 is 0 Å². The molecule has 0 saturated carbocycles. The van der Waals surface area contributed by atoms with Crippen molar-refractivity contribution in [1.29, 1.82) is 0 Å². The van der Waals surface area contributed by atoms with Crippen LogP contribution in [0.15, 0.2) is 77.2 Å². The molecule has 2 amide bonds. The molecule has 1 aromatic heterocycles. The van der Waals surface area contributed by atoms with E-state index in [1.54, 1.807) is 55.6 Å². The van der Waals surface area contributed by atoms with E-state index in [2.05, 4.69) is 5.32 Å². The van der Waals surface area contributed by atoms with Crippen LogP contribution in [0, 0.1) is 0 Å². The lowest BCUT2D eigenvalue weighted by atomic mass is 10.2. The van der Waals surface area contributed by atoms with Crippen LogP contribution in [0.1, 0.15) is 15.9 Å². The molecule has 174 valence electrons. The first-order valence-electron chi connectivity index (χ1n) is 10.7. The maximum absolute atomic E-state index is 12.4. The molecule has 4 rings (SSSR count). The Bertz CT molecular complexity index is 1280. The van der Waals surface area contributed by atoms with Gasteiger partial charge < -0.3 is 24.9 Å². The number of nitrogens with zero attached hydrogens (tertiary/aromatic N) is 1. The molecule has 0 bridgehead atoms. The maximum atomic E-state index is 12.4. The van der Waals surface area contributed by atoms with Crippen LogP contribution in [0.2, 0.25) is 0 Å². The minimum absolute atomic E-state index is 0.247. The van der Waals surface area contributed by atoms with Gasteiger partial charge in [0.25, 0.3) is 5.91 Å². The minimum atomic E-state index is -0.268. The SMILES string of the molecule is COCc1ccc2cc(N(C=O)CCOc3ccc(C(=O)Nc4ccccc4N)cc3)oc2c1. The number of para-hydroxylation sites is 2. The van der Waals surface area contributed by atoms with E-state index in [1.165, 1.54) is 4.90 Å². The molecule has 0 saturated heterocycles. The summed E-state index contributed by atoms with van der Waals surface area (Å²) in [7, 11) is 1.63. The zero-order valence-electron chi connectivity index (χ0n) is 18.7. The molecule has 4 aromatic rings. The lowest BCUT2D eigenvalue weighted by molar-refractivity contribution is -0.107. The lowest BCUT2D eigenvalue weighted by Gasteiger charge is -2.14. The van der Waals surface area contributed by atoms with Crippen LogP contribution in [0.5, 0.6) is 5.75 Å². The second-order valence-corrected chi connectivity index (χ2v) is 7.60. The molecule has 0 unspecified atom stereocenters. The monoisotopic (exact) mass is 459 g/mol. The molecule has 0 atom stereocenters. The molecule has 8 nitrogen and oxygen atoms in total. The van der Waals surface area contributed by atoms with E-state index >= 15 is 0 Å². The normalized spacial score (nSPS) is 10.7. The second kappa shape index (κ2) is 10.5. The summed E-state index contributed by atoms with van der Waals surface area (Å²) in [6.07, 6.45) is 0.708. The Labute approximate surface area is 196 Å². The summed E-state index contributed by atoms with van der Waals surface area (Å²) in [6.45, 7) is 1.03. The van der Waals surface area contributed by atoms with Crippen LogP contribution in [0.4, 0.5) is 17.3 Å². The van der Waals surface area contributed by atoms with Crippen molar-refractivity contribution in [3.63, 3.8) is 0 Å². The number of carbonyl (C=O) groups excluding carboxylic acids is 2. The van der Waals surface area contributed by atoms with Gasteiger partial charge in [0.05, 0.1) is 24.5 Å². The van der Waals surface area contributed by atoms with E-state index in [0.29, 0.717) is 53.7 Å². The summed E-state index contributed by atoms with van der Waals surface area (Å²) in [6, 6.07) is 21.4. The number of hydrogen-bond donors (Lipinski definition) is 2. The number of amides is 2. The van der Waals surface area contributed by atoms with Crippen molar-refractivity contribution in [3.05, 3.63) is 83.9 Å². The standard InChI is InChI=1S/C26H25N3O5/c1-32-16-18-6-7-20-15-25(34-24(20)14-18)29(17-30)12-13-33-21-10-8-19(9-11-21)26(31)28-23-5-3-2-4-22(23)27/h2-11,14-15,17H,12-13,16,27H2,1H3,(H,28,31). The fourth-order valence-corrected chi connectivity index (χ4v) is 3.44. The highest BCUT2D eigenvalue weighted by Crippen LogP contribution is 2.27. The number of anilines is 3. The first-order valence-corrected chi connectivity index (χ1v) is 10.7. The molecule has 0 aliphatic rings. The smallest absolute Gasteiger partial charge is 0.255 e. The number of hydrogen-bond acceptors (Lipinski definition) is 6. The first kappa shape index (κ1) is 22.9. The maximum Gasteiger partial charge on any atom is 0.255 e. The Morgan fingerprint density at radius 3 is 2.62 bits per heavy atom. The van der Waals surface area contributed by atoms with Gasteiger partial charge in [0.15, 0.2) is 0 Å². The summed E-state index contributed by atoms with van der Waals surface area (Å²) in [5, 5.41) is 3.68. The third kappa shape index (κ3) is 5.36. The number of benzene rings is 3. The number of nitrogens with one attached hydrogen (secondary N) is 1. The molecule has 34 heavy (non-hydrogen) atoms. The highest BCUT2D eigenvalue weighted by molar-refractivity contribution is 6.05. The summed E-state index contributed by atoms with van der Waals surface area (Å²) in [5.41, 5.74) is 9.07. The van der Waals surface area contributed by atoms with Crippen molar-refractivity contribution in [2.24, 2.45) is 0 Å². The summed E-state index contributed by atoms with van der Waals surface area (Å²) in [4.78, 5) is 25.5. The Morgan fingerprint density at radius 1 is 1.09 bits per heavy atom. The van der Waals surface area contributed by atoms with E-state index < -0.39 is 0 Å². The average molecular weight is 460 g/mol. The van der Waals surface area contributed by atoms with Crippen LogP contribution in [-0.4, -0.2) is 32.6 Å². The number of rotatable bonds is 10.